The maximum atomic E-state index is 9.75. The number of rotatable bonds is 4. The van der Waals surface area contributed by atoms with Gasteiger partial charge in [-0.05, 0) is 128 Å². The molecule has 0 N–H and O–H groups in total. The Labute approximate surface area is 279 Å². The molecule has 0 aliphatic heterocycles. The van der Waals surface area contributed by atoms with E-state index in [1.54, 1.807) is 0 Å². The van der Waals surface area contributed by atoms with E-state index in [2.05, 4.69) is 55.7 Å². The van der Waals surface area contributed by atoms with Crippen LogP contribution in [0.15, 0.2) is 24.8 Å². The van der Waals surface area contributed by atoms with Gasteiger partial charge in [0.2, 0.25) is 12.7 Å². The van der Waals surface area contributed by atoms with Crippen LogP contribution in [0.3, 0.4) is 0 Å². The number of halogens is 8. The second kappa shape index (κ2) is 20.2. The van der Waals surface area contributed by atoms with Crippen molar-refractivity contribution >= 4 is 14.5 Å². The van der Waals surface area contributed by atoms with Crippen molar-refractivity contribution in [1.82, 2.24) is 9.13 Å². The Hall–Kier alpha value is -1.27. The van der Waals surface area contributed by atoms with E-state index in [-0.39, 0.29) is 22.4 Å². The third-order valence-electron chi connectivity index (χ3n) is 9.11. The molecule has 0 radical (unpaired) electrons. The van der Waals surface area contributed by atoms with E-state index in [4.69, 9.17) is 0 Å². The predicted octanol–water partition coefficient (Wildman–Crippen LogP) is 9.77. The summed E-state index contributed by atoms with van der Waals surface area (Å²) < 4.78 is 87.4. The molecule has 45 heavy (non-hydrogen) atoms. The molecule has 0 unspecified atom stereocenters. The van der Waals surface area contributed by atoms with E-state index in [0.29, 0.717) is 0 Å². The number of aromatic nitrogens is 4. The van der Waals surface area contributed by atoms with Crippen molar-refractivity contribution in [1.29, 1.82) is 0 Å². The van der Waals surface area contributed by atoms with Gasteiger partial charge in [-0.15, -0.1) is 0 Å². The molecule has 0 amide bonds. The first-order valence-corrected chi connectivity index (χ1v) is 16.6. The molecule has 0 aromatic carbocycles. The number of hydrogen-bond acceptors (Lipinski definition) is 0. The van der Waals surface area contributed by atoms with Gasteiger partial charge in [0.15, 0.2) is 0 Å². The van der Waals surface area contributed by atoms with Crippen molar-refractivity contribution in [3.05, 3.63) is 37.4 Å². The molecule has 4 aliphatic rings. The van der Waals surface area contributed by atoms with E-state index in [1.807, 2.05) is 0 Å². The van der Waals surface area contributed by atoms with Gasteiger partial charge in [0, 0.05) is 0 Å². The fraction of sp³-hybridized carbons (Fsp3) is 0.800. The van der Waals surface area contributed by atoms with Crippen LogP contribution in [0, 0.1) is 12.7 Å². The Kier molecular flexibility index (Phi) is 17.9. The second-order valence-corrected chi connectivity index (χ2v) is 12.6. The van der Waals surface area contributed by atoms with Crippen molar-refractivity contribution in [3.63, 3.8) is 0 Å². The molecule has 0 spiro atoms. The first-order chi connectivity index (χ1) is 20.9. The fourth-order valence-electron chi connectivity index (χ4n) is 6.94. The first-order valence-electron chi connectivity index (χ1n) is 16.6. The largest absolute Gasteiger partial charge is 1.00 e. The molecule has 4 nitrogen and oxygen atoms in total. The fourth-order valence-corrected chi connectivity index (χ4v) is 6.94. The maximum Gasteiger partial charge on any atom is 1.00 e. The van der Waals surface area contributed by atoms with Gasteiger partial charge in [0.1, 0.15) is 0 Å². The molecule has 4 saturated carbocycles. The van der Waals surface area contributed by atoms with Gasteiger partial charge < -0.3 is 52.8 Å². The van der Waals surface area contributed by atoms with Crippen LogP contribution in [0.5, 0.6) is 0 Å². The minimum Gasteiger partial charge on any atom is -0.418 e. The zero-order chi connectivity index (χ0) is 32.0. The molecule has 2 heterocycles. The van der Waals surface area contributed by atoms with Crippen molar-refractivity contribution in [2.75, 3.05) is 0 Å². The molecule has 4 aliphatic carbocycles. The van der Waals surface area contributed by atoms with Gasteiger partial charge in [-0.2, -0.15) is 0 Å². The Morgan fingerprint density at radius 2 is 0.689 bits per heavy atom. The van der Waals surface area contributed by atoms with Crippen LogP contribution in [0.4, 0.5) is 34.5 Å². The van der Waals surface area contributed by atoms with E-state index in [0.717, 1.165) is 24.2 Å². The van der Waals surface area contributed by atoms with Crippen LogP contribution in [-0.2, 0) is 22.4 Å². The van der Waals surface area contributed by atoms with Gasteiger partial charge in [0.05, 0.1) is 24.2 Å². The molecule has 2 aromatic heterocycles. The molecule has 6 rings (SSSR count). The van der Waals surface area contributed by atoms with Crippen molar-refractivity contribution in [2.45, 2.75) is 153 Å². The second-order valence-electron chi connectivity index (χ2n) is 12.6. The summed E-state index contributed by atoms with van der Waals surface area (Å²) in [6.07, 6.45) is 44.0. The average molecular weight is 835 g/mol. The average Bonchev–Trinajstić information content (AvgIpc) is 3.69. The minimum absolute atomic E-state index is 0. The molecule has 0 atom stereocenters. The van der Waals surface area contributed by atoms with Crippen molar-refractivity contribution < 1.29 is 66.0 Å². The van der Waals surface area contributed by atoms with E-state index >= 15 is 0 Å². The van der Waals surface area contributed by atoms with Gasteiger partial charge in [-0.3, -0.25) is 0 Å². The van der Waals surface area contributed by atoms with E-state index in [1.165, 1.54) is 128 Å². The summed E-state index contributed by atoms with van der Waals surface area (Å²) in [5.74, 6) is 0. The Morgan fingerprint density at radius 1 is 0.444 bits per heavy atom. The van der Waals surface area contributed by atoms with Crippen LogP contribution in [0.25, 0.3) is 0 Å². The van der Waals surface area contributed by atoms with Crippen LogP contribution >= 0.6 is 0 Å². The van der Waals surface area contributed by atoms with E-state index in [9.17, 15) is 34.5 Å². The van der Waals surface area contributed by atoms with Gasteiger partial charge in [-0.1, -0.05) is 25.7 Å². The smallest absolute Gasteiger partial charge is 0.418 e. The monoisotopic (exact) mass is 835 g/mol. The Morgan fingerprint density at radius 3 is 0.956 bits per heavy atom. The SMILES string of the molecule is F[B-](F)(F)F.F[B-](F)(F)F.[Au+].[c-]1n(C2CCCCC2)cc[n+]1C1CCCCC1.[c-]1n(C2CCCCC2)cc[n+]1C1CCCCC1. The number of hydrogen-bond donors (Lipinski definition) is 0. The molecule has 15 heteroatoms. The topological polar surface area (TPSA) is 17.6 Å². The summed E-state index contributed by atoms with van der Waals surface area (Å²) in [6, 6.07) is 2.92. The van der Waals surface area contributed by atoms with Crippen LogP contribution in [-0.4, -0.2) is 23.6 Å². The summed E-state index contributed by atoms with van der Waals surface area (Å²) in [7, 11) is -12.0. The standard InChI is InChI=1S/2C15H24N2.Au.2BF4/c2*1-3-7-14(8-4-1)16-11-12-17(13-16)15-9-5-2-6-10-15;;2*2-1(3,4)5/h2*11-12,14-15H,1-10H2;;;/q;;+1;2*-1. The van der Waals surface area contributed by atoms with Gasteiger partial charge in [-0.25, -0.2) is 0 Å². The summed E-state index contributed by atoms with van der Waals surface area (Å²) in [5, 5.41) is 0. The first kappa shape index (κ1) is 39.9. The third kappa shape index (κ3) is 16.9. The molecule has 0 saturated heterocycles. The molecule has 4 fully saturated rings. The minimum atomic E-state index is -6.00. The summed E-state index contributed by atoms with van der Waals surface area (Å²) >= 11 is 0. The zero-order valence-corrected chi connectivity index (χ0v) is 28.2. The van der Waals surface area contributed by atoms with Crippen molar-refractivity contribution in [2.24, 2.45) is 0 Å². The third-order valence-corrected chi connectivity index (χ3v) is 9.11. The normalized spacial score (nSPS) is 20.8. The summed E-state index contributed by atoms with van der Waals surface area (Å²) in [4.78, 5) is 0. The van der Waals surface area contributed by atoms with E-state index < -0.39 is 14.5 Å². The Bertz CT molecular complexity index is 882. The van der Waals surface area contributed by atoms with Crippen LogP contribution in [0.1, 0.15) is 153 Å². The van der Waals surface area contributed by atoms with Crippen molar-refractivity contribution in [3.8, 4) is 0 Å². The summed E-state index contributed by atoms with van der Waals surface area (Å²) in [6.45, 7) is 0. The molecule has 2 aromatic rings. The number of imidazole rings is 2. The Balaban J connectivity index is 0.000000239. The molecule has 262 valence electrons. The maximum absolute atomic E-state index is 9.75. The quantitative estimate of drug-likeness (QED) is 0.127. The zero-order valence-electron chi connectivity index (χ0n) is 26.0. The summed E-state index contributed by atoms with van der Waals surface area (Å²) in [5.41, 5.74) is 0. The number of nitrogens with zero attached hydrogens (tertiary/aromatic N) is 4. The predicted molar refractivity (Wildman–Crippen MR) is 156 cm³/mol. The molecular formula is C30H48AuB2F8N4-. The molecular weight excluding hydrogens is 787 g/mol. The molecule has 0 bridgehead atoms. The van der Waals surface area contributed by atoms with Crippen LogP contribution in [0.2, 0.25) is 0 Å². The van der Waals surface area contributed by atoms with Gasteiger partial charge in [0.25, 0.3) is 0 Å². The van der Waals surface area contributed by atoms with Crippen LogP contribution < -0.4 is 9.13 Å². The van der Waals surface area contributed by atoms with Gasteiger partial charge >= 0.3 is 36.9 Å².